The highest BCUT2D eigenvalue weighted by Gasteiger charge is 2.06. The molecule has 0 aliphatic rings. The van der Waals surface area contributed by atoms with Gasteiger partial charge in [0.25, 0.3) is 0 Å². The average Bonchev–Trinajstić information content (AvgIpc) is 2.19. The van der Waals surface area contributed by atoms with Crippen LogP contribution in [0.5, 0.6) is 0 Å². The van der Waals surface area contributed by atoms with Crippen LogP contribution in [0.15, 0.2) is 0 Å². The van der Waals surface area contributed by atoms with E-state index in [1.165, 1.54) is 11.3 Å². The molecule has 0 bridgehead atoms. The fraction of sp³-hybridized carbons (Fsp3) is 0.625. The molecule has 0 N–H and O–H groups in total. The maximum Gasteiger partial charge on any atom is 0.0913 e. The van der Waals surface area contributed by atoms with Crippen molar-refractivity contribution >= 4 is 0 Å². The van der Waals surface area contributed by atoms with Crippen LogP contribution in [-0.2, 0) is 18.4 Å². The number of hydrogen-bond donors (Lipinski definition) is 0. The van der Waals surface area contributed by atoms with Crippen molar-refractivity contribution in [1.82, 2.24) is 9.78 Å². The summed E-state index contributed by atoms with van der Waals surface area (Å²) in [6, 6.07) is 0. The van der Waals surface area contributed by atoms with Gasteiger partial charge < -0.3 is 4.74 Å². The van der Waals surface area contributed by atoms with Gasteiger partial charge in [0, 0.05) is 19.9 Å². The highest BCUT2D eigenvalue weighted by atomic mass is 16.5. The zero-order valence-corrected chi connectivity index (χ0v) is 7.51. The van der Waals surface area contributed by atoms with Gasteiger partial charge in [0.15, 0.2) is 0 Å². The first-order valence-electron chi connectivity index (χ1n) is 3.64. The number of aryl methyl sites for hydroxylation is 1. The Kier molecular flexibility index (Phi) is 2.29. The molecular formula is C8H14N2O. The molecule has 0 unspecified atom stereocenters. The molecular weight excluding hydrogens is 140 g/mol. The SMILES string of the molecule is COCc1nn(C)c(C)c1C. The summed E-state index contributed by atoms with van der Waals surface area (Å²) in [4.78, 5) is 0. The Bertz CT molecular complexity index is 253. The number of nitrogens with zero attached hydrogens (tertiary/aromatic N) is 2. The summed E-state index contributed by atoms with van der Waals surface area (Å²) in [6.45, 7) is 4.73. The van der Waals surface area contributed by atoms with E-state index in [0.29, 0.717) is 6.61 Å². The molecule has 0 aromatic carbocycles. The van der Waals surface area contributed by atoms with Gasteiger partial charge in [-0.25, -0.2) is 0 Å². The molecule has 3 nitrogen and oxygen atoms in total. The largest absolute Gasteiger partial charge is 0.378 e. The van der Waals surface area contributed by atoms with Crippen LogP contribution in [0.1, 0.15) is 17.0 Å². The van der Waals surface area contributed by atoms with Crippen LogP contribution in [-0.4, -0.2) is 16.9 Å². The van der Waals surface area contributed by atoms with Crippen LogP contribution in [0.25, 0.3) is 0 Å². The molecule has 11 heavy (non-hydrogen) atoms. The van der Waals surface area contributed by atoms with Gasteiger partial charge >= 0.3 is 0 Å². The molecule has 62 valence electrons. The van der Waals surface area contributed by atoms with Gasteiger partial charge in [-0.2, -0.15) is 5.10 Å². The van der Waals surface area contributed by atoms with E-state index in [2.05, 4.69) is 18.9 Å². The number of methoxy groups -OCH3 is 1. The maximum atomic E-state index is 5.00. The van der Waals surface area contributed by atoms with Crippen molar-refractivity contribution in [3.05, 3.63) is 17.0 Å². The average molecular weight is 154 g/mol. The Hall–Kier alpha value is -0.830. The van der Waals surface area contributed by atoms with E-state index < -0.39 is 0 Å². The first-order chi connectivity index (χ1) is 5.16. The lowest BCUT2D eigenvalue weighted by Crippen LogP contribution is -1.94. The van der Waals surface area contributed by atoms with Crippen LogP contribution >= 0.6 is 0 Å². The Morgan fingerprint density at radius 2 is 2.09 bits per heavy atom. The molecule has 0 fully saturated rings. The minimum Gasteiger partial charge on any atom is -0.378 e. The first-order valence-corrected chi connectivity index (χ1v) is 3.64. The lowest BCUT2D eigenvalue weighted by molar-refractivity contribution is 0.180. The Morgan fingerprint density at radius 3 is 2.45 bits per heavy atom. The summed E-state index contributed by atoms with van der Waals surface area (Å²) >= 11 is 0. The molecule has 0 saturated carbocycles. The number of rotatable bonds is 2. The third-order valence-electron chi connectivity index (χ3n) is 2.01. The molecule has 0 aliphatic carbocycles. The van der Waals surface area contributed by atoms with Crippen molar-refractivity contribution in [2.45, 2.75) is 20.5 Å². The summed E-state index contributed by atoms with van der Waals surface area (Å²) in [5.74, 6) is 0. The second kappa shape index (κ2) is 3.05. The summed E-state index contributed by atoms with van der Waals surface area (Å²) < 4.78 is 6.88. The van der Waals surface area contributed by atoms with Crippen molar-refractivity contribution < 1.29 is 4.74 Å². The van der Waals surface area contributed by atoms with Gasteiger partial charge in [0.1, 0.15) is 0 Å². The quantitative estimate of drug-likeness (QED) is 0.639. The van der Waals surface area contributed by atoms with Crippen molar-refractivity contribution in [3.8, 4) is 0 Å². The van der Waals surface area contributed by atoms with Crippen LogP contribution in [0.3, 0.4) is 0 Å². The second-order valence-corrected chi connectivity index (χ2v) is 2.71. The molecule has 0 aliphatic heterocycles. The predicted octanol–water partition coefficient (Wildman–Crippen LogP) is 1.18. The third-order valence-corrected chi connectivity index (χ3v) is 2.01. The van der Waals surface area contributed by atoms with Crippen LogP contribution in [0, 0.1) is 13.8 Å². The minimum absolute atomic E-state index is 0.605. The van der Waals surface area contributed by atoms with Crippen molar-refractivity contribution in [3.63, 3.8) is 0 Å². The van der Waals surface area contributed by atoms with E-state index >= 15 is 0 Å². The normalized spacial score (nSPS) is 10.5. The second-order valence-electron chi connectivity index (χ2n) is 2.71. The predicted molar refractivity (Wildman–Crippen MR) is 43.4 cm³/mol. The topological polar surface area (TPSA) is 27.1 Å². The molecule has 0 atom stereocenters. The summed E-state index contributed by atoms with van der Waals surface area (Å²) in [5, 5.41) is 4.29. The molecule has 1 aromatic rings. The lowest BCUT2D eigenvalue weighted by Gasteiger charge is -1.93. The smallest absolute Gasteiger partial charge is 0.0913 e. The van der Waals surface area contributed by atoms with E-state index in [9.17, 15) is 0 Å². The number of aromatic nitrogens is 2. The van der Waals surface area contributed by atoms with E-state index in [-0.39, 0.29) is 0 Å². The number of ether oxygens (including phenoxy) is 1. The lowest BCUT2D eigenvalue weighted by atomic mass is 10.2. The number of hydrogen-bond acceptors (Lipinski definition) is 2. The van der Waals surface area contributed by atoms with E-state index in [1.807, 2.05) is 11.7 Å². The van der Waals surface area contributed by atoms with E-state index in [0.717, 1.165) is 5.69 Å². The first kappa shape index (κ1) is 8.27. The third kappa shape index (κ3) is 1.43. The van der Waals surface area contributed by atoms with Crippen molar-refractivity contribution in [1.29, 1.82) is 0 Å². The van der Waals surface area contributed by atoms with Gasteiger partial charge in [0.2, 0.25) is 0 Å². The van der Waals surface area contributed by atoms with Gasteiger partial charge in [-0.05, 0) is 19.4 Å². The Labute approximate surface area is 67.0 Å². The molecule has 1 rings (SSSR count). The van der Waals surface area contributed by atoms with Gasteiger partial charge in [-0.3, -0.25) is 4.68 Å². The molecule has 3 heteroatoms. The standard InChI is InChI=1S/C8H14N2O/c1-6-7(2)10(3)9-8(6)5-11-4/h5H2,1-4H3. The van der Waals surface area contributed by atoms with Gasteiger partial charge in [-0.1, -0.05) is 0 Å². The summed E-state index contributed by atoms with van der Waals surface area (Å²) in [6.07, 6.45) is 0. The van der Waals surface area contributed by atoms with Gasteiger partial charge in [0.05, 0.1) is 12.3 Å². The fourth-order valence-electron chi connectivity index (χ4n) is 1.06. The Morgan fingerprint density at radius 1 is 1.45 bits per heavy atom. The zero-order valence-electron chi connectivity index (χ0n) is 7.51. The minimum atomic E-state index is 0.605. The van der Waals surface area contributed by atoms with Gasteiger partial charge in [-0.15, -0.1) is 0 Å². The van der Waals surface area contributed by atoms with E-state index in [1.54, 1.807) is 7.11 Å². The fourth-order valence-corrected chi connectivity index (χ4v) is 1.06. The van der Waals surface area contributed by atoms with Crippen LogP contribution in [0.4, 0.5) is 0 Å². The Balaban J connectivity index is 2.98. The zero-order chi connectivity index (χ0) is 8.43. The molecule has 1 heterocycles. The molecule has 1 aromatic heterocycles. The van der Waals surface area contributed by atoms with Crippen molar-refractivity contribution in [2.24, 2.45) is 7.05 Å². The highest BCUT2D eigenvalue weighted by molar-refractivity contribution is 5.22. The monoisotopic (exact) mass is 154 g/mol. The van der Waals surface area contributed by atoms with Crippen LogP contribution in [0.2, 0.25) is 0 Å². The molecule has 0 saturated heterocycles. The molecule has 0 spiro atoms. The summed E-state index contributed by atoms with van der Waals surface area (Å²) in [7, 11) is 3.63. The maximum absolute atomic E-state index is 5.00. The summed E-state index contributed by atoms with van der Waals surface area (Å²) in [5.41, 5.74) is 3.47. The van der Waals surface area contributed by atoms with Crippen molar-refractivity contribution in [2.75, 3.05) is 7.11 Å². The highest BCUT2D eigenvalue weighted by Crippen LogP contribution is 2.10. The van der Waals surface area contributed by atoms with Crippen LogP contribution < -0.4 is 0 Å². The van der Waals surface area contributed by atoms with E-state index in [4.69, 9.17) is 4.74 Å². The molecule has 0 amide bonds. The molecule has 0 radical (unpaired) electrons.